The van der Waals surface area contributed by atoms with Gasteiger partial charge in [0.05, 0.1) is 44.2 Å². The van der Waals surface area contributed by atoms with E-state index in [2.05, 4.69) is 37.6 Å². The molecule has 0 saturated carbocycles. The number of amides is 2. The van der Waals surface area contributed by atoms with Gasteiger partial charge in [-0.3, -0.25) is 10.2 Å². The Hall–Kier alpha value is -3.61. The van der Waals surface area contributed by atoms with Crippen molar-refractivity contribution in [3.05, 3.63) is 41.4 Å². The van der Waals surface area contributed by atoms with Crippen LogP contribution in [-0.2, 0) is 22.4 Å². The molecule has 2 aromatic heterocycles. The molecule has 194 valence electrons. The zero-order valence-corrected chi connectivity index (χ0v) is 20.9. The van der Waals surface area contributed by atoms with Crippen LogP contribution in [0.2, 0.25) is 0 Å². The minimum absolute atomic E-state index is 0.0430. The molecule has 0 bridgehead atoms. The summed E-state index contributed by atoms with van der Waals surface area (Å²) < 4.78 is 16.3. The molecule has 2 N–H and O–H groups in total. The summed E-state index contributed by atoms with van der Waals surface area (Å²) in [4.78, 5) is 27.2. The highest BCUT2D eigenvalue weighted by Gasteiger charge is 2.33. The first-order valence-corrected chi connectivity index (χ1v) is 12.6. The summed E-state index contributed by atoms with van der Waals surface area (Å²) in [6.07, 6.45) is 0.920. The van der Waals surface area contributed by atoms with Crippen LogP contribution in [0.15, 0.2) is 28.7 Å². The highest BCUT2D eigenvalue weighted by molar-refractivity contribution is 5.98. The second-order valence-electron chi connectivity index (χ2n) is 9.61. The van der Waals surface area contributed by atoms with Crippen molar-refractivity contribution in [2.24, 2.45) is 0 Å². The van der Waals surface area contributed by atoms with E-state index in [1.807, 2.05) is 24.3 Å². The molecule has 1 atom stereocenters. The number of hydrogen-bond donors (Lipinski definition) is 2. The Morgan fingerprint density at radius 1 is 1.03 bits per heavy atom. The summed E-state index contributed by atoms with van der Waals surface area (Å²) in [5, 5.41) is 12.8. The van der Waals surface area contributed by atoms with Crippen molar-refractivity contribution in [3.8, 4) is 11.4 Å². The van der Waals surface area contributed by atoms with Crippen molar-refractivity contribution in [1.82, 2.24) is 25.1 Å². The third-order valence-corrected chi connectivity index (χ3v) is 7.00. The van der Waals surface area contributed by atoms with Crippen molar-refractivity contribution in [3.63, 3.8) is 0 Å². The maximum atomic E-state index is 12.3. The van der Waals surface area contributed by atoms with E-state index < -0.39 is 6.03 Å². The fourth-order valence-corrected chi connectivity index (χ4v) is 4.89. The predicted octanol–water partition coefficient (Wildman–Crippen LogP) is 2.46. The quantitative estimate of drug-likeness (QED) is 0.532. The molecule has 1 aromatic carbocycles. The largest absolute Gasteiger partial charge is 0.408 e. The maximum absolute atomic E-state index is 12.3. The first kappa shape index (κ1) is 23.8. The Labute approximate surface area is 214 Å². The lowest BCUT2D eigenvalue weighted by atomic mass is 10.0. The number of anilines is 3. The average molecular weight is 507 g/mol. The summed E-state index contributed by atoms with van der Waals surface area (Å²) in [5.41, 5.74) is 3.81. The number of benzene rings is 1. The topological polar surface area (TPSA) is 131 Å². The van der Waals surface area contributed by atoms with Crippen LogP contribution in [-0.4, -0.2) is 82.7 Å². The van der Waals surface area contributed by atoms with Crippen LogP contribution in [0.25, 0.3) is 11.4 Å². The zero-order valence-electron chi connectivity index (χ0n) is 20.9. The Kier molecular flexibility index (Phi) is 6.45. The number of fused-ring (bicyclic) bond motifs is 1. The van der Waals surface area contributed by atoms with Crippen molar-refractivity contribution in [2.75, 3.05) is 55.1 Å². The summed E-state index contributed by atoms with van der Waals surface area (Å²) in [6, 6.07) is 7.77. The van der Waals surface area contributed by atoms with Crippen LogP contribution in [0, 0.1) is 6.92 Å². The SMILES string of the molecule is Cc1nnc(NC(=O)Nc2ccc(-c3nc4c(c(N5CCOCC5C)n3)CCN(C3COC3)C4)cc2)o1. The molecule has 0 aliphatic carbocycles. The Balaban J connectivity index is 1.25. The number of rotatable bonds is 5. The van der Waals surface area contributed by atoms with Crippen LogP contribution in [0.3, 0.4) is 0 Å². The number of carbonyl (C=O) groups excluding carboxylic acids is 1. The third-order valence-electron chi connectivity index (χ3n) is 7.00. The molecule has 3 aliphatic rings. The zero-order chi connectivity index (χ0) is 25.4. The molecule has 5 heterocycles. The van der Waals surface area contributed by atoms with Crippen molar-refractivity contribution in [2.45, 2.75) is 38.9 Å². The third kappa shape index (κ3) is 4.99. The first-order chi connectivity index (χ1) is 18.0. The molecule has 2 fully saturated rings. The van der Waals surface area contributed by atoms with E-state index in [1.165, 1.54) is 5.56 Å². The lowest BCUT2D eigenvalue weighted by molar-refractivity contribution is -0.0699. The van der Waals surface area contributed by atoms with Gasteiger partial charge in [-0.05, 0) is 37.6 Å². The normalized spacial score (nSPS) is 20.3. The maximum Gasteiger partial charge on any atom is 0.327 e. The van der Waals surface area contributed by atoms with E-state index in [1.54, 1.807) is 6.92 Å². The summed E-state index contributed by atoms with van der Waals surface area (Å²) >= 11 is 0. The number of carbonyl (C=O) groups is 1. The highest BCUT2D eigenvalue weighted by Crippen LogP contribution is 2.32. The predicted molar refractivity (Wildman–Crippen MR) is 135 cm³/mol. The van der Waals surface area contributed by atoms with Gasteiger partial charge in [-0.2, -0.15) is 0 Å². The highest BCUT2D eigenvalue weighted by atomic mass is 16.5. The molecule has 0 spiro atoms. The molecule has 37 heavy (non-hydrogen) atoms. The molecule has 0 radical (unpaired) electrons. The molecule has 2 amide bonds. The number of ether oxygens (including phenoxy) is 2. The standard InChI is InChI=1S/C25H30N8O4/c1-15-12-35-10-9-33(15)23-20-7-8-32(19-13-36-14-19)11-21(20)27-22(28-23)17-3-5-18(6-4-17)26-24(34)29-25-31-30-16(2)37-25/h3-6,15,19H,7-14H2,1-2H3,(H2,26,29,31,34). The fourth-order valence-electron chi connectivity index (χ4n) is 4.89. The second-order valence-corrected chi connectivity index (χ2v) is 9.61. The summed E-state index contributed by atoms with van der Waals surface area (Å²) in [7, 11) is 0. The summed E-state index contributed by atoms with van der Waals surface area (Å²) in [5.74, 6) is 2.06. The van der Waals surface area contributed by atoms with Gasteiger partial charge in [0.15, 0.2) is 5.82 Å². The van der Waals surface area contributed by atoms with Crippen molar-refractivity contribution < 1.29 is 18.7 Å². The molecule has 3 aromatic rings. The van der Waals surface area contributed by atoms with Gasteiger partial charge in [-0.25, -0.2) is 14.8 Å². The lowest BCUT2D eigenvalue weighted by Crippen LogP contribution is -2.51. The lowest BCUT2D eigenvalue weighted by Gasteiger charge is -2.41. The molecule has 3 aliphatic heterocycles. The number of hydrogen-bond acceptors (Lipinski definition) is 10. The van der Waals surface area contributed by atoms with Gasteiger partial charge in [-0.15, -0.1) is 5.10 Å². The van der Waals surface area contributed by atoms with Crippen LogP contribution >= 0.6 is 0 Å². The molecule has 2 saturated heterocycles. The Bertz CT molecular complexity index is 1280. The monoisotopic (exact) mass is 506 g/mol. The summed E-state index contributed by atoms with van der Waals surface area (Å²) in [6.45, 7) is 9.37. The van der Waals surface area contributed by atoms with E-state index in [4.69, 9.17) is 23.9 Å². The van der Waals surface area contributed by atoms with Crippen molar-refractivity contribution in [1.29, 1.82) is 0 Å². The van der Waals surface area contributed by atoms with Gasteiger partial charge >= 0.3 is 12.0 Å². The Morgan fingerprint density at radius 3 is 2.57 bits per heavy atom. The van der Waals surface area contributed by atoms with E-state index >= 15 is 0 Å². The molecular formula is C25H30N8O4. The molecule has 1 unspecified atom stereocenters. The number of nitrogens with zero attached hydrogens (tertiary/aromatic N) is 6. The number of morpholine rings is 1. The second kappa shape index (κ2) is 10.0. The number of nitrogens with one attached hydrogen (secondary N) is 2. The van der Waals surface area contributed by atoms with E-state index in [0.29, 0.717) is 36.7 Å². The Morgan fingerprint density at radius 2 is 1.86 bits per heavy atom. The van der Waals surface area contributed by atoms with Gasteiger partial charge in [0.2, 0.25) is 5.89 Å². The molecule has 6 rings (SSSR count). The van der Waals surface area contributed by atoms with Gasteiger partial charge in [0.25, 0.3) is 0 Å². The minimum Gasteiger partial charge on any atom is -0.408 e. The first-order valence-electron chi connectivity index (χ1n) is 12.6. The van der Waals surface area contributed by atoms with Gasteiger partial charge in [0, 0.05) is 43.4 Å². The van der Waals surface area contributed by atoms with Crippen molar-refractivity contribution >= 4 is 23.6 Å². The van der Waals surface area contributed by atoms with Gasteiger partial charge in [-0.1, -0.05) is 5.10 Å². The average Bonchev–Trinajstić information content (AvgIpc) is 3.27. The van der Waals surface area contributed by atoms with Crippen LogP contribution in [0.1, 0.15) is 24.1 Å². The van der Waals surface area contributed by atoms with Crippen LogP contribution in [0.5, 0.6) is 0 Å². The molecule has 12 nitrogen and oxygen atoms in total. The van der Waals surface area contributed by atoms with Gasteiger partial charge in [0.1, 0.15) is 5.82 Å². The molecular weight excluding hydrogens is 476 g/mol. The van der Waals surface area contributed by atoms with Crippen LogP contribution in [0.4, 0.5) is 22.3 Å². The smallest absolute Gasteiger partial charge is 0.327 e. The number of aryl methyl sites for hydroxylation is 1. The minimum atomic E-state index is -0.468. The van der Waals surface area contributed by atoms with Crippen LogP contribution < -0.4 is 15.5 Å². The number of urea groups is 1. The number of aromatic nitrogens is 4. The van der Waals surface area contributed by atoms with E-state index in [-0.39, 0.29) is 12.1 Å². The molecule has 12 heteroatoms. The van der Waals surface area contributed by atoms with E-state index in [9.17, 15) is 4.79 Å². The van der Waals surface area contributed by atoms with E-state index in [0.717, 1.165) is 56.3 Å². The fraction of sp³-hybridized carbons (Fsp3) is 0.480. The van der Waals surface area contributed by atoms with Gasteiger partial charge < -0.3 is 24.1 Å².